The van der Waals surface area contributed by atoms with Crippen molar-refractivity contribution in [2.45, 2.75) is 45.4 Å². The fourth-order valence-electron chi connectivity index (χ4n) is 3.98. The number of carbonyl (C=O) groups excluding carboxylic acids is 3. The van der Waals surface area contributed by atoms with E-state index in [4.69, 9.17) is 16.7 Å². The van der Waals surface area contributed by atoms with Crippen molar-refractivity contribution in [2.24, 2.45) is 0 Å². The molecule has 7 nitrogen and oxygen atoms in total. The molecule has 3 rings (SSSR count). The van der Waals surface area contributed by atoms with E-state index in [1.807, 2.05) is 37.3 Å². The van der Waals surface area contributed by atoms with Crippen LogP contribution >= 0.6 is 27.5 Å². The Balaban J connectivity index is 1.59. The minimum atomic E-state index is -0.286. The molecule has 9 heteroatoms. The van der Waals surface area contributed by atoms with Crippen molar-refractivity contribution in [1.29, 1.82) is 0 Å². The van der Waals surface area contributed by atoms with Crippen LogP contribution in [0.5, 0.6) is 0 Å². The second kappa shape index (κ2) is 15.4. The van der Waals surface area contributed by atoms with E-state index in [1.54, 1.807) is 30.3 Å². The van der Waals surface area contributed by atoms with Gasteiger partial charge in [0.25, 0.3) is 0 Å². The monoisotopic (exact) mass is 613 g/mol. The maximum Gasteiger partial charge on any atom is 0.224 e. The molecule has 0 saturated carbocycles. The van der Waals surface area contributed by atoms with Crippen molar-refractivity contribution in [3.8, 4) is 0 Å². The molecule has 0 spiro atoms. The first-order valence-electron chi connectivity index (χ1n) is 12.9. The molecule has 0 unspecified atom stereocenters. The van der Waals surface area contributed by atoms with Gasteiger partial charge in [0.05, 0.1) is 16.4 Å². The minimum Gasteiger partial charge on any atom is -0.396 e. The second-order valence-electron chi connectivity index (χ2n) is 9.19. The van der Waals surface area contributed by atoms with E-state index >= 15 is 0 Å². The average Bonchev–Trinajstić information content (AvgIpc) is 2.91. The van der Waals surface area contributed by atoms with Crippen molar-refractivity contribution in [3.05, 3.63) is 86.8 Å². The zero-order valence-electron chi connectivity index (χ0n) is 21.9. The number of benzene rings is 3. The fourth-order valence-corrected chi connectivity index (χ4v) is 4.61. The van der Waals surface area contributed by atoms with Gasteiger partial charge in [-0.2, -0.15) is 0 Å². The highest BCUT2D eigenvalue weighted by Crippen LogP contribution is 2.31. The normalized spacial score (nSPS) is 10.7. The van der Waals surface area contributed by atoms with Crippen molar-refractivity contribution < 1.29 is 19.5 Å². The van der Waals surface area contributed by atoms with Crippen LogP contribution < -0.4 is 16.0 Å². The lowest BCUT2D eigenvalue weighted by Crippen LogP contribution is -2.25. The van der Waals surface area contributed by atoms with Crippen LogP contribution in [0.15, 0.2) is 65.1 Å². The largest absolute Gasteiger partial charge is 0.396 e. The van der Waals surface area contributed by atoms with Gasteiger partial charge in [0.15, 0.2) is 5.78 Å². The van der Waals surface area contributed by atoms with E-state index in [0.717, 1.165) is 35.7 Å². The van der Waals surface area contributed by atoms with Crippen LogP contribution in [0.4, 0.5) is 17.1 Å². The zero-order chi connectivity index (χ0) is 28.2. The number of hydrogen-bond acceptors (Lipinski definition) is 5. The Morgan fingerprint density at radius 3 is 2.33 bits per heavy atom. The van der Waals surface area contributed by atoms with E-state index in [-0.39, 0.29) is 37.0 Å². The number of aryl methyl sites for hydroxylation is 1. The molecule has 39 heavy (non-hydrogen) atoms. The van der Waals surface area contributed by atoms with Crippen LogP contribution in [0, 0.1) is 6.92 Å². The minimum absolute atomic E-state index is 0.0455. The van der Waals surface area contributed by atoms with Crippen molar-refractivity contribution >= 4 is 62.2 Å². The molecular formula is C30H33BrClN3O4. The molecule has 4 N–H and O–H groups in total. The molecule has 0 aliphatic carbocycles. The molecule has 0 aromatic heterocycles. The van der Waals surface area contributed by atoms with Crippen LogP contribution in [0.2, 0.25) is 5.02 Å². The summed E-state index contributed by atoms with van der Waals surface area (Å²) in [6.45, 7) is 2.63. The van der Waals surface area contributed by atoms with Gasteiger partial charge < -0.3 is 21.1 Å². The quantitative estimate of drug-likeness (QED) is 0.118. The Morgan fingerprint density at radius 1 is 0.846 bits per heavy atom. The molecule has 0 saturated heterocycles. The summed E-state index contributed by atoms with van der Waals surface area (Å²) >= 11 is 9.93. The predicted molar refractivity (Wildman–Crippen MR) is 160 cm³/mol. The molecule has 0 aliphatic heterocycles. The number of carbonyl (C=O) groups is 3. The number of hydrogen-bond donors (Lipinski definition) is 4. The van der Waals surface area contributed by atoms with E-state index in [9.17, 15) is 14.4 Å². The SMILES string of the molecule is Cc1ccccc1C(=O)c1ccc(Nc2ccc(Br)cc2NC(=O)CCC(=O)NCCCCCCO)cc1Cl. The lowest BCUT2D eigenvalue weighted by Gasteiger charge is -2.15. The zero-order valence-corrected chi connectivity index (χ0v) is 24.2. The van der Waals surface area contributed by atoms with Crippen molar-refractivity contribution in [2.75, 3.05) is 23.8 Å². The van der Waals surface area contributed by atoms with E-state index in [1.165, 1.54) is 0 Å². The highest BCUT2D eigenvalue weighted by molar-refractivity contribution is 9.10. The fraction of sp³-hybridized carbons (Fsp3) is 0.300. The number of unbranched alkanes of at least 4 members (excludes halogenated alkanes) is 3. The maximum absolute atomic E-state index is 13.0. The van der Waals surface area contributed by atoms with Gasteiger partial charge >= 0.3 is 0 Å². The molecule has 0 heterocycles. The van der Waals surface area contributed by atoms with Gasteiger partial charge in [-0.05, 0) is 61.7 Å². The van der Waals surface area contributed by atoms with Gasteiger partial charge in [0.2, 0.25) is 11.8 Å². The van der Waals surface area contributed by atoms with Gasteiger partial charge in [-0.1, -0.05) is 64.6 Å². The number of aliphatic hydroxyl groups is 1. The molecular weight excluding hydrogens is 582 g/mol. The smallest absolute Gasteiger partial charge is 0.224 e. The van der Waals surface area contributed by atoms with Gasteiger partial charge in [-0.3, -0.25) is 14.4 Å². The van der Waals surface area contributed by atoms with E-state index < -0.39 is 0 Å². The predicted octanol–water partition coefficient (Wildman–Crippen LogP) is 6.77. The Morgan fingerprint density at radius 2 is 1.59 bits per heavy atom. The summed E-state index contributed by atoms with van der Waals surface area (Å²) in [4.78, 5) is 37.7. The van der Waals surface area contributed by atoms with Crippen LogP contribution in [0.1, 0.15) is 60.0 Å². The summed E-state index contributed by atoms with van der Waals surface area (Å²) in [5.74, 6) is -0.603. The summed E-state index contributed by atoms with van der Waals surface area (Å²) in [7, 11) is 0. The van der Waals surface area contributed by atoms with Crippen LogP contribution in [0.3, 0.4) is 0 Å². The topological polar surface area (TPSA) is 108 Å². The summed E-state index contributed by atoms with van der Waals surface area (Å²) in [5.41, 5.74) is 3.71. The molecule has 0 fully saturated rings. The average molecular weight is 615 g/mol. The van der Waals surface area contributed by atoms with Crippen LogP contribution in [-0.2, 0) is 9.59 Å². The first kappa shape index (κ1) is 30.3. The summed E-state index contributed by atoms with van der Waals surface area (Å²) in [6.07, 6.45) is 3.62. The van der Waals surface area contributed by atoms with Crippen molar-refractivity contribution in [3.63, 3.8) is 0 Å². The maximum atomic E-state index is 13.0. The van der Waals surface area contributed by atoms with E-state index in [2.05, 4.69) is 31.9 Å². The standard InChI is InChI=1S/C30H33BrClN3O4/c1-20-8-4-5-9-23(20)30(39)24-12-11-22(19-25(24)32)34-26-13-10-21(31)18-27(26)35-29(38)15-14-28(37)33-16-6-2-3-7-17-36/h4-5,8-13,18-19,34,36H,2-3,6-7,14-17H2,1H3,(H,33,37)(H,35,38). The molecule has 3 aromatic carbocycles. The third-order valence-electron chi connectivity index (χ3n) is 6.12. The molecule has 2 amide bonds. The summed E-state index contributed by atoms with van der Waals surface area (Å²) in [6, 6.07) is 17.9. The molecule has 0 radical (unpaired) electrons. The van der Waals surface area contributed by atoms with Crippen molar-refractivity contribution in [1.82, 2.24) is 5.32 Å². The van der Waals surface area contributed by atoms with Gasteiger partial charge in [0, 0.05) is 47.3 Å². The Hall–Kier alpha value is -3.20. The number of aliphatic hydroxyl groups excluding tert-OH is 1. The van der Waals surface area contributed by atoms with Crippen LogP contribution in [-0.4, -0.2) is 35.9 Å². The molecule has 0 aliphatic rings. The Kier molecular flexibility index (Phi) is 12.0. The molecule has 0 bridgehead atoms. The lowest BCUT2D eigenvalue weighted by atomic mass is 9.99. The number of rotatable bonds is 14. The van der Waals surface area contributed by atoms with Gasteiger partial charge in [-0.15, -0.1) is 0 Å². The number of nitrogens with one attached hydrogen (secondary N) is 3. The lowest BCUT2D eigenvalue weighted by molar-refractivity contribution is -0.124. The first-order chi connectivity index (χ1) is 18.8. The van der Waals surface area contributed by atoms with Crippen LogP contribution in [0.25, 0.3) is 0 Å². The second-order valence-corrected chi connectivity index (χ2v) is 10.5. The highest BCUT2D eigenvalue weighted by Gasteiger charge is 2.16. The summed E-state index contributed by atoms with van der Waals surface area (Å²) in [5, 5.41) is 18.1. The van der Waals surface area contributed by atoms with Gasteiger partial charge in [0.1, 0.15) is 0 Å². The number of halogens is 2. The van der Waals surface area contributed by atoms with Gasteiger partial charge in [-0.25, -0.2) is 0 Å². The number of anilines is 3. The third kappa shape index (κ3) is 9.49. The third-order valence-corrected chi connectivity index (χ3v) is 6.93. The molecule has 206 valence electrons. The number of amides is 2. The Labute approximate surface area is 242 Å². The molecule has 3 aromatic rings. The highest BCUT2D eigenvalue weighted by atomic mass is 79.9. The van der Waals surface area contributed by atoms with E-state index in [0.29, 0.717) is 39.8 Å². The first-order valence-corrected chi connectivity index (χ1v) is 14.1. The molecule has 0 atom stereocenters. The number of ketones is 1. The summed E-state index contributed by atoms with van der Waals surface area (Å²) < 4.78 is 0.777. The Bertz CT molecular complexity index is 1320.